The minimum atomic E-state index is -3.85. The fourth-order valence-corrected chi connectivity index (χ4v) is 3.90. The van der Waals surface area contributed by atoms with Crippen LogP contribution in [0.4, 0.5) is 5.69 Å². The number of rotatable bonds is 6. The Balaban J connectivity index is 1.67. The van der Waals surface area contributed by atoms with Crippen molar-refractivity contribution in [3.8, 4) is 0 Å². The third-order valence-electron chi connectivity index (χ3n) is 3.74. The third-order valence-corrected chi connectivity index (χ3v) is 5.74. The summed E-state index contributed by atoms with van der Waals surface area (Å²) in [5, 5.41) is 15.2. The topological polar surface area (TPSA) is 131 Å². The zero-order valence-corrected chi connectivity index (χ0v) is 16.0. The Morgan fingerprint density at radius 2 is 1.96 bits per heavy atom. The molecule has 0 unspecified atom stereocenters. The fraction of sp³-hybridized carbons (Fsp3) is 0.118. The molecule has 0 radical (unpaired) electrons. The molecule has 10 heteroatoms. The monoisotopic (exact) mass is 403 g/mol. The van der Waals surface area contributed by atoms with E-state index in [4.69, 9.17) is 5.14 Å². The maximum atomic E-state index is 12.4. The number of thioether (sulfide) groups is 1. The highest BCUT2D eigenvalue weighted by atomic mass is 32.2. The number of anilines is 1. The van der Waals surface area contributed by atoms with Gasteiger partial charge in [-0.15, -0.1) is 0 Å². The van der Waals surface area contributed by atoms with E-state index in [9.17, 15) is 13.2 Å². The molecule has 8 nitrogen and oxygen atoms in total. The van der Waals surface area contributed by atoms with Gasteiger partial charge in [-0.25, -0.2) is 18.5 Å². The first kappa shape index (κ1) is 19.1. The molecule has 0 fully saturated rings. The lowest BCUT2D eigenvalue weighted by molar-refractivity contribution is 0.102. The Bertz CT molecular complexity index is 1050. The van der Waals surface area contributed by atoms with E-state index in [-0.39, 0.29) is 10.8 Å². The van der Waals surface area contributed by atoms with Gasteiger partial charge >= 0.3 is 0 Å². The average Bonchev–Trinajstić information content (AvgIpc) is 3.14. The molecule has 3 aromatic rings. The lowest BCUT2D eigenvalue weighted by atomic mass is 10.1. The van der Waals surface area contributed by atoms with E-state index in [1.807, 2.05) is 12.1 Å². The van der Waals surface area contributed by atoms with Crippen molar-refractivity contribution in [3.63, 3.8) is 0 Å². The van der Waals surface area contributed by atoms with Gasteiger partial charge in [-0.05, 0) is 42.3 Å². The van der Waals surface area contributed by atoms with E-state index in [0.29, 0.717) is 22.6 Å². The number of aromatic amines is 1. The molecule has 0 saturated heterocycles. The Morgan fingerprint density at radius 3 is 2.59 bits per heavy atom. The van der Waals surface area contributed by atoms with E-state index in [0.717, 1.165) is 10.7 Å². The first-order valence-corrected chi connectivity index (χ1v) is 10.4. The number of carbonyl (C=O) groups excluding carboxylic acids is 1. The summed E-state index contributed by atoms with van der Waals surface area (Å²) < 4.78 is 23.2. The minimum Gasteiger partial charge on any atom is -0.322 e. The number of hydrogen-bond acceptors (Lipinski definition) is 6. The average molecular weight is 403 g/mol. The zero-order valence-electron chi connectivity index (χ0n) is 14.3. The molecular formula is C17H17N5O3S2. The van der Waals surface area contributed by atoms with Gasteiger partial charge in [-0.2, -0.15) is 5.10 Å². The second-order valence-corrected chi connectivity index (χ2v) is 8.25. The van der Waals surface area contributed by atoms with E-state index < -0.39 is 10.0 Å². The molecule has 0 spiro atoms. The zero-order chi connectivity index (χ0) is 19.4. The number of carbonyl (C=O) groups is 1. The van der Waals surface area contributed by atoms with Crippen LogP contribution in [0.5, 0.6) is 0 Å². The quantitative estimate of drug-likeness (QED) is 0.541. The molecule has 0 bridgehead atoms. The number of nitrogens with one attached hydrogen (secondary N) is 2. The number of nitrogens with zero attached hydrogens (tertiary/aromatic N) is 2. The smallest absolute Gasteiger partial charge is 0.255 e. The summed E-state index contributed by atoms with van der Waals surface area (Å²) in [7, 11) is -3.85. The molecule has 2 aromatic carbocycles. The molecule has 0 aliphatic rings. The maximum Gasteiger partial charge on any atom is 0.255 e. The number of H-pyrrole nitrogens is 1. The summed E-state index contributed by atoms with van der Waals surface area (Å²) in [6.45, 7) is 1.64. The predicted molar refractivity (Wildman–Crippen MR) is 103 cm³/mol. The summed E-state index contributed by atoms with van der Waals surface area (Å²) in [4.78, 5) is 16.4. The lowest BCUT2D eigenvalue weighted by Crippen LogP contribution is -2.16. The second kappa shape index (κ2) is 7.91. The van der Waals surface area contributed by atoms with Crippen LogP contribution in [0.2, 0.25) is 0 Å². The van der Waals surface area contributed by atoms with Crippen molar-refractivity contribution in [3.05, 3.63) is 65.5 Å². The number of hydrogen-bond donors (Lipinski definition) is 3. The van der Waals surface area contributed by atoms with Crippen LogP contribution in [-0.4, -0.2) is 29.5 Å². The fourth-order valence-electron chi connectivity index (χ4n) is 2.36. The molecule has 27 heavy (non-hydrogen) atoms. The standard InChI is InChI=1S/C17H17N5O3S2/c1-11-2-7-14(8-15(11)27(18,24)25)21-16(23)13-5-3-12(4-6-13)9-26-17-19-10-20-22-17/h2-8,10H,9H2,1H3,(H,21,23)(H2,18,24,25)(H,19,20,22). The highest BCUT2D eigenvalue weighted by molar-refractivity contribution is 7.98. The number of aromatic nitrogens is 3. The van der Waals surface area contributed by atoms with E-state index >= 15 is 0 Å². The second-order valence-electron chi connectivity index (χ2n) is 5.76. The third kappa shape index (κ3) is 4.94. The molecule has 1 amide bonds. The van der Waals surface area contributed by atoms with Gasteiger partial charge in [0.05, 0.1) is 4.90 Å². The first-order chi connectivity index (χ1) is 12.8. The summed E-state index contributed by atoms with van der Waals surface area (Å²) in [6.07, 6.45) is 1.45. The molecule has 0 atom stereocenters. The Labute approximate surface area is 160 Å². The normalized spacial score (nSPS) is 11.3. The molecular weight excluding hydrogens is 386 g/mol. The number of benzene rings is 2. The van der Waals surface area contributed by atoms with Crippen molar-refractivity contribution in [2.45, 2.75) is 22.7 Å². The Morgan fingerprint density at radius 1 is 1.22 bits per heavy atom. The number of primary sulfonamides is 1. The van der Waals surface area contributed by atoms with Crippen LogP contribution >= 0.6 is 11.8 Å². The van der Waals surface area contributed by atoms with Crippen LogP contribution in [-0.2, 0) is 15.8 Å². The van der Waals surface area contributed by atoms with Gasteiger partial charge in [0.1, 0.15) is 6.33 Å². The van der Waals surface area contributed by atoms with Crippen LogP contribution in [0.25, 0.3) is 0 Å². The minimum absolute atomic E-state index is 0.0138. The van der Waals surface area contributed by atoms with E-state index in [2.05, 4.69) is 20.5 Å². The molecule has 0 aliphatic heterocycles. The largest absolute Gasteiger partial charge is 0.322 e. The molecule has 140 valence electrons. The number of sulfonamides is 1. The van der Waals surface area contributed by atoms with Gasteiger partial charge in [0.25, 0.3) is 5.91 Å². The Hall–Kier alpha value is -2.69. The van der Waals surface area contributed by atoms with Crippen molar-refractivity contribution in [2.75, 3.05) is 5.32 Å². The summed E-state index contributed by atoms with van der Waals surface area (Å²) >= 11 is 1.50. The van der Waals surface area contributed by atoms with Gasteiger partial charge in [-0.1, -0.05) is 30.0 Å². The highest BCUT2D eigenvalue weighted by Gasteiger charge is 2.14. The summed E-state index contributed by atoms with van der Waals surface area (Å²) in [5.74, 6) is 0.348. The molecule has 1 heterocycles. The number of nitrogens with two attached hydrogens (primary N) is 1. The van der Waals surface area contributed by atoms with Crippen molar-refractivity contribution in [1.29, 1.82) is 0 Å². The lowest BCUT2D eigenvalue weighted by Gasteiger charge is -2.09. The van der Waals surface area contributed by atoms with Crippen LogP contribution in [0.15, 0.2) is 58.8 Å². The van der Waals surface area contributed by atoms with Crippen LogP contribution in [0.3, 0.4) is 0 Å². The SMILES string of the molecule is Cc1ccc(NC(=O)c2ccc(CSc3ncn[nH]3)cc2)cc1S(N)(=O)=O. The highest BCUT2D eigenvalue weighted by Crippen LogP contribution is 2.21. The van der Waals surface area contributed by atoms with Gasteiger partial charge in [0.2, 0.25) is 10.0 Å². The van der Waals surface area contributed by atoms with Crippen molar-refractivity contribution < 1.29 is 13.2 Å². The summed E-state index contributed by atoms with van der Waals surface area (Å²) in [6, 6.07) is 11.7. The van der Waals surface area contributed by atoms with Crippen LogP contribution < -0.4 is 10.5 Å². The molecule has 0 aliphatic carbocycles. The van der Waals surface area contributed by atoms with Gasteiger partial charge < -0.3 is 5.32 Å². The van der Waals surface area contributed by atoms with Crippen molar-refractivity contribution in [2.24, 2.45) is 5.14 Å². The predicted octanol–water partition coefficient (Wildman–Crippen LogP) is 2.31. The molecule has 4 N–H and O–H groups in total. The molecule has 0 saturated carbocycles. The van der Waals surface area contributed by atoms with Gasteiger partial charge in [0, 0.05) is 17.0 Å². The van der Waals surface area contributed by atoms with Gasteiger partial charge in [0.15, 0.2) is 5.16 Å². The number of amides is 1. The van der Waals surface area contributed by atoms with E-state index in [1.165, 1.54) is 24.2 Å². The van der Waals surface area contributed by atoms with E-state index in [1.54, 1.807) is 31.2 Å². The van der Waals surface area contributed by atoms with Crippen molar-refractivity contribution >= 4 is 33.4 Å². The Kier molecular flexibility index (Phi) is 5.59. The van der Waals surface area contributed by atoms with Gasteiger partial charge in [-0.3, -0.25) is 9.89 Å². The van der Waals surface area contributed by atoms with Crippen LogP contribution in [0.1, 0.15) is 21.5 Å². The number of aryl methyl sites for hydroxylation is 1. The molecule has 1 aromatic heterocycles. The molecule has 3 rings (SSSR count). The maximum absolute atomic E-state index is 12.4. The summed E-state index contributed by atoms with van der Waals surface area (Å²) in [5.41, 5.74) is 2.37. The first-order valence-electron chi connectivity index (χ1n) is 7.85. The van der Waals surface area contributed by atoms with Crippen molar-refractivity contribution in [1.82, 2.24) is 15.2 Å². The van der Waals surface area contributed by atoms with Crippen LogP contribution in [0, 0.1) is 6.92 Å².